The highest BCUT2D eigenvalue weighted by molar-refractivity contribution is 7.71. The average molecular weight is 497 g/mol. The van der Waals surface area contributed by atoms with Crippen LogP contribution in [0.5, 0.6) is 0 Å². The predicted molar refractivity (Wildman–Crippen MR) is 132 cm³/mol. The van der Waals surface area contributed by atoms with Crippen LogP contribution in [-0.4, -0.2) is 25.7 Å². The van der Waals surface area contributed by atoms with Crippen LogP contribution in [0.1, 0.15) is 5.56 Å². The van der Waals surface area contributed by atoms with E-state index in [0.29, 0.717) is 33.1 Å². The number of hydrogen-bond donors (Lipinski definition) is 1. The Morgan fingerprint density at radius 1 is 0.939 bits per heavy atom. The Bertz CT molecular complexity index is 1390. The molecule has 0 unspecified atom stereocenters. The van der Waals surface area contributed by atoms with E-state index in [0.717, 1.165) is 5.56 Å². The predicted octanol–water partition coefficient (Wildman–Crippen LogP) is 6.32. The number of hydrazone groups is 1. The van der Waals surface area contributed by atoms with Crippen molar-refractivity contribution in [3.8, 4) is 17.1 Å². The molecule has 0 aliphatic carbocycles. The average Bonchev–Trinajstić information content (AvgIpc) is 2.81. The Morgan fingerprint density at radius 3 is 2.15 bits per heavy atom. The van der Waals surface area contributed by atoms with Crippen LogP contribution in [0.4, 0.5) is 11.6 Å². The molecule has 0 aliphatic rings. The van der Waals surface area contributed by atoms with Crippen LogP contribution in [0.2, 0.25) is 10.0 Å². The van der Waals surface area contributed by atoms with Crippen molar-refractivity contribution in [2.24, 2.45) is 5.10 Å². The largest absolute Gasteiger partial charge is 0.269 e. The maximum Gasteiger partial charge on any atom is 0.269 e. The quantitative estimate of drug-likeness (QED) is 0.145. The summed E-state index contributed by atoms with van der Waals surface area (Å²) in [5.74, 6) is 0.597. The second-order valence-electron chi connectivity index (χ2n) is 6.69. The van der Waals surface area contributed by atoms with Crippen LogP contribution in [0, 0.1) is 14.9 Å². The minimum absolute atomic E-state index is 0.0320. The van der Waals surface area contributed by atoms with Gasteiger partial charge in [0.1, 0.15) is 0 Å². The fraction of sp³-hybridized carbons (Fsp3) is 0. The van der Waals surface area contributed by atoms with Crippen molar-refractivity contribution >= 4 is 53.3 Å². The van der Waals surface area contributed by atoms with Crippen LogP contribution in [-0.2, 0) is 0 Å². The molecule has 1 aromatic heterocycles. The van der Waals surface area contributed by atoms with Crippen molar-refractivity contribution in [2.45, 2.75) is 0 Å². The molecule has 0 atom stereocenters. The van der Waals surface area contributed by atoms with E-state index in [1.54, 1.807) is 59.3 Å². The highest BCUT2D eigenvalue weighted by Crippen LogP contribution is 2.23. The summed E-state index contributed by atoms with van der Waals surface area (Å²) in [6.45, 7) is 0. The fourth-order valence-electron chi connectivity index (χ4n) is 2.88. The van der Waals surface area contributed by atoms with E-state index in [2.05, 4.69) is 20.5 Å². The van der Waals surface area contributed by atoms with E-state index >= 15 is 0 Å². The number of hydrogen-bond acceptors (Lipinski definition) is 7. The molecule has 1 N–H and O–H groups in total. The number of aromatic nitrogens is 3. The SMILES string of the molecule is O=[N+]([O-])c1ccc(-c2nc(N/N=C/c3ccc(Cl)cc3)n(-c3ccc(Cl)cc3)c(=S)n2)cc1. The number of nitro groups is 1. The van der Waals surface area contributed by atoms with E-state index in [1.165, 1.54) is 12.1 Å². The van der Waals surface area contributed by atoms with Gasteiger partial charge in [-0.05, 0) is 66.3 Å². The summed E-state index contributed by atoms with van der Waals surface area (Å²) in [6.07, 6.45) is 1.61. The lowest BCUT2D eigenvalue weighted by atomic mass is 10.2. The Hall–Kier alpha value is -3.66. The monoisotopic (exact) mass is 496 g/mol. The first-order chi connectivity index (χ1) is 15.9. The second-order valence-corrected chi connectivity index (χ2v) is 7.93. The number of halogens is 2. The Morgan fingerprint density at radius 2 is 1.55 bits per heavy atom. The van der Waals surface area contributed by atoms with Crippen molar-refractivity contribution < 1.29 is 4.92 Å². The summed E-state index contributed by atoms with van der Waals surface area (Å²) in [4.78, 5) is 19.4. The van der Waals surface area contributed by atoms with Gasteiger partial charge < -0.3 is 0 Å². The summed E-state index contributed by atoms with van der Waals surface area (Å²) >= 11 is 17.5. The molecule has 3 aromatic carbocycles. The molecule has 4 aromatic rings. The van der Waals surface area contributed by atoms with Crippen LogP contribution in [0.3, 0.4) is 0 Å². The molecule has 4 rings (SSSR count). The number of rotatable bonds is 6. The zero-order chi connectivity index (χ0) is 23.4. The van der Waals surface area contributed by atoms with Gasteiger partial charge in [-0.3, -0.25) is 14.7 Å². The van der Waals surface area contributed by atoms with E-state index < -0.39 is 4.92 Å². The summed E-state index contributed by atoms with van der Waals surface area (Å²) in [7, 11) is 0. The highest BCUT2D eigenvalue weighted by Gasteiger charge is 2.13. The topological polar surface area (TPSA) is 98.2 Å². The van der Waals surface area contributed by atoms with E-state index in [1.807, 2.05) is 12.1 Å². The molecule has 8 nitrogen and oxygen atoms in total. The molecule has 33 heavy (non-hydrogen) atoms. The number of nitrogens with one attached hydrogen (secondary N) is 1. The molecule has 0 spiro atoms. The fourth-order valence-corrected chi connectivity index (χ4v) is 3.41. The lowest BCUT2D eigenvalue weighted by Gasteiger charge is -2.13. The zero-order valence-corrected chi connectivity index (χ0v) is 19.1. The summed E-state index contributed by atoms with van der Waals surface area (Å²) in [5, 5.41) is 16.4. The summed E-state index contributed by atoms with van der Waals surface area (Å²) in [5.41, 5.74) is 4.96. The number of anilines is 1. The smallest absolute Gasteiger partial charge is 0.258 e. The molecule has 0 saturated carbocycles. The maximum atomic E-state index is 10.9. The van der Waals surface area contributed by atoms with Crippen LogP contribution < -0.4 is 5.43 Å². The standard InChI is InChI=1S/C22H14Cl2N6O2S/c23-16-5-1-14(2-6-16)13-25-28-21-26-20(15-3-9-19(10-4-15)30(31)32)27-22(33)29(21)18-11-7-17(24)8-12-18/h1-13H,(H,26,27,28,33)/b25-13+. The maximum absolute atomic E-state index is 10.9. The molecule has 0 amide bonds. The van der Waals surface area contributed by atoms with Gasteiger partial charge in [-0.2, -0.15) is 15.1 Å². The number of nitro benzene ring substituents is 1. The second kappa shape index (κ2) is 9.86. The molecular weight excluding hydrogens is 483 g/mol. The Kier molecular flexibility index (Phi) is 6.74. The van der Waals surface area contributed by atoms with Crippen molar-refractivity contribution in [2.75, 3.05) is 5.43 Å². The van der Waals surface area contributed by atoms with Crippen molar-refractivity contribution in [3.63, 3.8) is 0 Å². The molecule has 0 saturated heterocycles. The van der Waals surface area contributed by atoms with Crippen molar-refractivity contribution in [3.05, 3.63) is 103 Å². The van der Waals surface area contributed by atoms with Gasteiger partial charge in [0.25, 0.3) is 5.69 Å². The van der Waals surface area contributed by atoms with Gasteiger partial charge >= 0.3 is 0 Å². The van der Waals surface area contributed by atoms with Gasteiger partial charge in [0.15, 0.2) is 5.82 Å². The van der Waals surface area contributed by atoms with E-state index in [-0.39, 0.29) is 10.5 Å². The van der Waals surface area contributed by atoms with Crippen molar-refractivity contribution in [1.29, 1.82) is 0 Å². The molecule has 1 heterocycles. The van der Waals surface area contributed by atoms with Crippen LogP contribution >= 0.6 is 35.4 Å². The van der Waals surface area contributed by atoms with Gasteiger partial charge in [-0.1, -0.05) is 35.3 Å². The molecule has 0 fully saturated rings. The molecule has 0 radical (unpaired) electrons. The van der Waals surface area contributed by atoms with Crippen LogP contribution in [0.25, 0.3) is 17.1 Å². The normalized spacial score (nSPS) is 11.0. The molecular formula is C22H14Cl2N6O2S. The van der Waals surface area contributed by atoms with Crippen LogP contribution in [0.15, 0.2) is 77.9 Å². The third-order valence-electron chi connectivity index (χ3n) is 4.49. The van der Waals surface area contributed by atoms with Gasteiger partial charge in [-0.15, -0.1) is 0 Å². The third-order valence-corrected chi connectivity index (χ3v) is 5.26. The minimum atomic E-state index is -0.471. The minimum Gasteiger partial charge on any atom is -0.258 e. The van der Waals surface area contributed by atoms with Gasteiger partial charge in [0.05, 0.1) is 16.8 Å². The van der Waals surface area contributed by atoms with Crippen molar-refractivity contribution in [1.82, 2.24) is 14.5 Å². The first kappa shape index (κ1) is 22.5. The Labute approximate surface area is 203 Å². The highest BCUT2D eigenvalue weighted by atomic mass is 35.5. The first-order valence-corrected chi connectivity index (χ1v) is 10.6. The molecule has 11 heteroatoms. The lowest BCUT2D eigenvalue weighted by Crippen LogP contribution is -2.10. The number of nitrogens with zero attached hydrogens (tertiary/aromatic N) is 5. The lowest BCUT2D eigenvalue weighted by molar-refractivity contribution is -0.384. The summed E-state index contributed by atoms with van der Waals surface area (Å²) in [6, 6.07) is 20.1. The number of benzene rings is 3. The molecule has 164 valence electrons. The molecule has 0 bridgehead atoms. The number of non-ortho nitro benzene ring substituents is 1. The van der Waals surface area contributed by atoms with E-state index in [4.69, 9.17) is 35.4 Å². The van der Waals surface area contributed by atoms with Gasteiger partial charge in [0, 0.05) is 27.7 Å². The van der Waals surface area contributed by atoms with Gasteiger partial charge in [0.2, 0.25) is 10.7 Å². The molecule has 0 aliphatic heterocycles. The Balaban J connectivity index is 1.75. The zero-order valence-electron chi connectivity index (χ0n) is 16.7. The van der Waals surface area contributed by atoms with Gasteiger partial charge in [-0.25, -0.2) is 5.43 Å². The first-order valence-electron chi connectivity index (χ1n) is 9.47. The third kappa shape index (κ3) is 5.40. The van der Waals surface area contributed by atoms with E-state index in [9.17, 15) is 10.1 Å². The summed E-state index contributed by atoms with van der Waals surface area (Å²) < 4.78 is 1.82.